The average Bonchev–Trinajstić information content (AvgIpc) is 2.81. The highest BCUT2D eigenvalue weighted by atomic mass is 32.2. The van der Waals surface area contributed by atoms with Crippen molar-refractivity contribution in [2.75, 3.05) is 12.3 Å². The molecule has 2 fully saturated rings. The zero-order valence-corrected chi connectivity index (χ0v) is 12.4. The summed E-state index contributed by atoms with van der Waals surface area (Å²) in [5, 5.41) is 0.283. The van der Waals surface area contributed by atoms with E-state index in [2.05, 4.69) is 6.92 Å². The first-order chi connectivity index (χ1) is 8.95. The predicted octanol–water partition coefficient (Wildman–Crippen LogP) is 1.08. The van der Waals surface area contributed by atoms with Gasteiger partial charge in [-0.1, -0.05) is 13.8 Å². The fourth-order valence-electron chi connectivity index (χ4n) is 2.75. The molecule has 2 aliphatic rings. The molecule has 0 spiro atoms. The molecule has 0 bridgehead atoms. The number of rotatable bonds is 4. The summed E-state index contributed by atoms with van der Waals surface area (Å²) in [5.74, 6) is 0.437. The molecule has 2 rings (SSSR count). The minimum absolute atomic E-state index is 0.0404. The van der Waals surface area contributed by atoms with Gasteiger partial charge in [-0.2, -0.15) is 11.8 Å². The number of likely N-dealkylation sites (tertiary alicyclic amines) is 2. The molecular formula is C13H20N2O3S. The van der Waals surface area contributed by atoms with Gasteiger partial charge in [-0.25, -0.2) is 0 Å². The third-order valence-corrected chi connectivity index (χ3v) is 4.88. The van der Waals surface area contributed by atoms with Crippen LogP contribution in [0.3, 0.4) is 0 Å². The molecule has 0 radical (unpaired) electrons. The number of carbonyl (C=O) groups excluding carboxylic acids is 3. The van der Waals surface area contributed by atoms with Crippen LogP contribution >= 0.6 is 11.8 Å². The van der Waals surface area contributed by atoms with Crippen LogP contribution in [0.2, 0.25) is 0 Å². The molecule has 0 saturated carbocycles. The van der Waals surface area contributed by atoms with Crippen LogP contribution in [0.1, 0.15) is 33.6 Å². The second kappa shape index (κ2) is 5.53. The van der Waals surface area contributed by atoms with E-state index in [4.69, 9.17) is 0 Å². The van der Waals surface area contributed by atoms with Gasteiger partial charge in [-0.05, 0) is 12.7 Å². The molecule has 6 heteroatoms. The highest BCUT2D eigenvalue weighted by Crippen LogP contribution is 2.29. The molecule has 0 aromatic heterocycles. The summed E-state index contributed by atoms with van der Waals surface area (Å²) in [6, 6.07) is 0. The van der Waals surface area contributed by atoms with Gasteiger partial charge in [0.1, 0.15) is 6.17 Å². The van der Waals surface area contributed by atoms with Crippen molar-refractivity contribution in [1.82, 2.24) is 9.80 Å². The average molecular weight is 284 g/mol. The van der Waals surface area contributed by atoms with Crippen LogP contribution in [0.4, 0.5) is 0 Å². The van der Waals surface area contributed by atoms with E-state index in [1.54, 1.807) is 30.5 Å². The molecule has 19 heavy (non-hydrogen) atoms. The zero-order valence-electron chi connectivity index (χ0n) is 11.6. The highest BCUT2D eigenvalue weighted by molar-refractivity contribution is 7.99. The fourth-order valence-corrected chi connectivity index (χ4v) is 3.74. The van der Waals surface area contributed by atoms with Crippen molar-refractivity contribution in [3.8, 4) is 0 Å². The van der Waals surface area contributed by atoms with Crippen molar-refractivity contribution in [3.63, 3.8) is 0 Å². The monoisotopic (exact) mass is 284 g/mol. The summed E-state index contributed by atoms with van der Waals surface area (Å²) >= 11 is 1.76. The molecule has 3 atom stereocenters. The molecule has 0 aromatic carbocycles. The molecule has 2 saturated heterocycles. The van der Waals surface area contributed by atoms with E-state index in [1.807, 2.05) is 0 Å². The number of nitrogens with zero attached hydrogens (tertiary/aromatic N) is 2. The van der Waals surface area contributed by atoms with Gasteiger partial charge in [0.05, 0.1) is 0 Å². The molecule has 5 nitrogen and oxygen atoms in total. The lowest BCUT2D eigenvalue weighted by molar-refractivity contribution is -0.148. The van der Waals surface area contributed by atoms with Crippen LogP contribution in [-0.4, -0.2) is 51.2 Å². The van der Waals surface area contributed by atoms with Crippen LogP contribution in [0.15, 0.2) is 0 Å². The third-order valence-electron chi connectivity index (χ3n) is 3.76. The molecule has 2 aliphatic heterocycles. The van der Waals surface area contributed by atoms with E-state index >= 15 is 0 Å². The lowest BCUT2D eigenvalue weighted by Gasteiger charge is -2.31. The van der Waals surface area contributed by atoms with Crippen molar-refractivity contribution in [3.05, 3.63) is 0 Å². The number of thioether (sulfide) groups is 1. The summed E-state index contributed by atoms with van der Waals surface area (Å²) in [6.07, 6.45) is 0.326. The first-order valence-corrected chi connectivity index (χ1v) is 7.77. The summed E-state index contributed by atoms with van der Waals surface area (Å²) < 4.78 is 0. The molecule has 106 valence electrons. The Morgan fingerprint density at radius 1 is 1.26 bits per heavy atom. The van der Waals surface area contributed by atoms with Crippen LogP contribution in [0.25, 0.3) is 0 Å². The number of amides is 3. The summed E-state index contributed by atoms with van der Waals surface area (Å²) in [5.41, 5.74) is 0. The molecule has 0 aliphatic carbocycles. The van der Waals surface area contributed by atoms with Gasteiger partial charge in [-0.3, -0.25) is 19.3 Å². The third kappa shape index (κ3) is 2.63. The van der Waals surface area contributed by atoms with Gasteiger partial charge < -0.3 is 4.90 Å². The Morgan fingerprint density at radius 2 is 1.95 bits per heavy atom. The van der Waals surface area contributed by atoms with E-state index in [0.717, 1.165) is 5.75 Å². The van der Waals surface area contributed by atoms with Crippen molar-refractivity contribution in [2.45, 2.75) is 45.0 Å². The second-order valence-electron chi connectivity index (χ2n) is 5.17. The van der Waals surface area contributed by atoms with Crippen molar-refractivity contribution >= 4 is 29.5 Å². The minimum atomic E-state index is -0.445. The first-order valence-electron chi connectivity index (χ1n) is 6.72. The van der Waals surface area contributed by atoms with Gasteiger partial charge in [0.15, 0.2) is 0 Å². The van der Waals surface area contributed by atoms with Gasteiger partial charge in [-0.15, -0.1) is 0 Å². The Hall–Kier alpha value is -1.04. The van der Waals surface area contributed by atoms with Gasteiger partial charge in [0.2, 0.25) is 17.7 Å². The Morgan fingerprint density at radius 3 is 2.47 bits per heavy atom. The van der Waals surface area contributed by atoms with E-state index < -0.39 is 6.17 Å². The standard InChI is InChI=1S/C13H20N2O3S/c1-4-19-10-6-11(16)14(7-10)9(3)15-12(17)5-8(2)13(15)18/h8-10H,4-7H2,1-3H3. The van der Waals surface area contributed by atoms with Crippen molar-refractivity contribution in [1.29, 1.82) is 0 Å². The van der Waals surface area contributed by atoms with E-state index in [-0.39, 0.29) is 35.3 Å². The lowest BCUT2D eigenvalue weighted by Crippen LogP contribution is -2.50. The highest BCUT2D eigenvalue weighted by Gasteiger charge is 2.43. The SMILES string of the molecule is CCSC1CC(=O)N(C(C)N2C(=O)CC(C)C2=O)C1. The number of hydrogen-bond acceptors (Lipinski definition) is 4. The maximum absolute atomic E-state index is 12.0. The van der Waals surface area contributed by atoms with Gasteiger partial charge in [0, 0.05) is 30.6 Å². The molecular weight excluding hydrogens is 264 g/mol. The molecule has 3 unspecified atom stereocenters. The molecule has 0 N–H and O–H groups in total. The van der Waals surface area contributed by atoms with Gasteiger partial charge in [0.25, 0.3) is 0 Å². The molecule has 2 heterocycles. The quantitative estimate of drug-likeness (QED) is 0.725. The summed E-state index contributed by atoms with van der Waals surface area (Å²) in [7, 11) is 0. The van der Waals surface area contributed by atoms with Gasteiger partial charge >= 0.3 is 0 Å². The topological polar surface area (TPSA) is 57.7 Å². The zero-order chi connectivity index (χ0) is 14.2. The number of imide groups is 1. The van der Waals surface area contributed by atoms with Crippen LogP contribution < -0.4 is 0 Å². The largest absolute Gasteiger partial charge is 0.321 e. The first kappa shape index (κ1) is 14.4. The van der Waals surface area contributed by atoms with Crippen LogP contribution in [0, 0.1) is 5.92 Å². The summed E-state index contributed by atoms with van der Waals surface area (Å²) in [4.78, 5) is 38.8. The minimum Gasteiger partial charge on any atom is -0.321 e. The predicted molar refractivity (Wildman–Crippen MR) is 73.3 cm³/mol. The Bertz CT molecular complexity index is 413. The molecule has 0 aromatic rings. The maximum atomic E-state index is 12.0. The van der Waals surface area contributed by atoms with Crippen LogP contribution in [-0.2, 0) is 14.4 Å². The van der Waals surface area contributed by atoms with E-state index in [1.165, 1.54) is 4.90 Å². The number of carbonyl (C=O) groups is 3. The Balaban J connectivity index is 2.08. The van der Waals surface area contributed by atoms with Crippen molar-refractivity contribution in [2.24, 2.45) is 5.92 Å². The maximum Gasteiger partial charge on any atom is 0.234 e. The molecule has 3 amide bonds. The van der Waals surface area contributed by atoms with Crippen molar-refractivity contribution < 1.29 is 14.4 Å². The summed E-state index contributed by atoms with van der Waals surface area (Å²) in [6.45, 7) is 6.22. The smallest absolute Gasteiger partial charge is 0.234 e. The number of hydrogen-bond donors (Lipinski definition) is 0. The second-order valence-corrected chi connectivity index (χ2v) is 6.74. The fraction of sp³-hybridized carbons (Fsp3) is 0.769. The lowest BCUT2D eigenvalue weighted by atomic mass is 10.1. The van der Waals surface area contributed by atoms with E-state index in [0.29, 0.717) is 13.0 Å². The Labute approximate surface area is 117 Å². The van der Waals surface area contributed by atoms with Crippen LogP contribution in [0.5, 0.6) is 0 Å². The van der Waals surface area contributed by atoms with E-state index in [9.17, 15) is 14.4 Å². The normalized spacial score (nSPS) is 29.5. The Kier molecular flexibility index (Phi) is 4.18.